The summed E-state index contributed by atoms with van der Waals surface area (Å²) in [6.07, 6.45) is 0. The first-order valence-electron chi connectivity index (χ1n) is 5.41. The number of fused-ring (bicyclic) bond motifs is 1. The second kappa shape index (κ2) is 4.37. The van der Waals surface area contributed by atoms with Crippen molar-refractivity contribution < 1.29 is 14.6 Å². The highest BCUT2D eigenvalue weighted by atomic mass is 35.5. The van der Waals surface area contributed by atoms with E-state index in [-0.39, 0.29) is 19.4 Å². The summed E-state index contributed by atoms with van der Waals surface area (Å²) >= 11 is 6.17. The molecule has 0 saturated carbocycles. The van der Waals surface area contributed by atoms with Crippen LogP contribution in [0.15, 0.2) is 12.1 Å². The fraction of sp³-hybridized carbons (Fsp3) is 0.500. The van der Waals surface area contributed by atoms with Gasteiger partial charge in [-0.1, -0.05) is 25.4 Å². The zero-order valence-corrected chi connectivity index (χ0v) is 10.6. The molecule has 4 nitrogen and oxygen atoms in total. The van der Waals surface area contributed by atoms with Crippen molar-refractivity contribution in [3.8, 4) is 11.5 Å². The molecule has 0 bridgehead atoms. The highest BCUT2D eigenvalue weighted by Gasteiger charge is 2.30. The number of aliphatic hydroxyl groups is 1. The molecule has 1 aromatic carbocycles. The zero-order valence-electron chi connectivity index (χ0n) is 9.87. The van der Waals surface area contributed by atoms with Gasteiger partial charge in [0.25, 0.3) is 0 Å². The van der Waals surface area contributed by atoms with Gasteiger partial charge in [0, 0.05) is 29.2 Å². The summed E-state index contributed by atoms with van der Waals surface area (Å²) in [6, 6.07) is 3.12. The minimum atomic E-state index is -0.447. The van der Waals surface area contributed by atoms with E-state index in [0.717, 1.165) is 5.56 Å². The van der Waals surface area contributed by atoms with E-state index in [1.807, 2.05) is 13.8 Å². The second-order valence-corrected chi connectivity index (χ2v) is 5.26. The molecule has 1 aliphatic rings. The Hall–Kier alpha value is -0.970. The van der Waals surface area contributed by atoms with Crippen molar-refractivity contribution in [2.24, 2.45) is 11.1 Å². The maximum absolute atomic E-state index is 9.33. The Morgan fingerprint density at radius 1 is 1.41 bits per heavy atom. The van der Waals surface area contributed by atoms with Crippen molar-refractivity contribution in [3.63, 3.8) is 0 Å². The van der Waals surface area contributed by atoms with E-state index in [9.17, 15) is 5.11 Å². The topological polar surface area (TPSA) is 64.7 Å². The molecule has 1 atom stereocenters. The van der Waals surface area contributed by atoms with Gasteiger partial charge in [0.1, 0.15) is 0 Å². The number of rotatable bonds is 3. The second-order valence-electron chi connectivity index (χ2n) is 4.85. The highest BCUT2D eigenvalue weighted by Crippen LogP contribution is 2.42. The molecule has 1 aromatic rings. The molecule has 5 heteroatoms. The predicted octanol–water partition coefficient (Wildman–Crippen LogP) is 2.09. The van der Waals surface area contributed by atoms with E-state index in [2.05, 4.69) is 0 Å². The van der Waals surface area contributed by atoms with Crippen LogP contribution in [0.1, 0.15) is 25.5 Å². The Kier molecular flexibility index (Phi) is 3.21. The number of benzene rings is 1. The lowest BCUT2D eigenvalue weighted by Crippen LogP contribution is -2.32. The van der Waals surface area contributed by atoms with E-state index in [1.165, 1.54) is 0 Å². The third kappa shape index (κ3) is 2.20. The normalized spacial score (nSPS) is 16.1. The average Bonchev–Trinajstić information content (AvgIpc) is 2.73. The summed E-state index contributed by atoms with van der Waals surface area (Å²) in [6.45, 7) is 3.96. The van der Waals surface area contributed by atoms with Crippen molar-refractivity contribution in [3.05, 3.63) is 22.7 Å². The summed E-state index contributed by atoms with van der Waals surface area (Å²) in [5.74, 6) is 1.28. The Morgan fingerprint density at radius 3 is 2.59 bits per heavy atom. The Balaban J connectivity index is 2.39. The third-order valence-corrected chi connectivity index (χ3v) is 3.40. The van der Waals surface area contributed by atoms with Crippen LogP contribution in [0, 0.1) is 5.41 Å². The molecule has 1 aliphatic heterocycles. The Bertz CT molecular complexity index is 434. The molecule has 0 radical (unpaired) electrons. The molecule has 2 rings (SSSR count). The van der Waals surface area contributed by atoms with E-state index in [1.54, 1.807) is 12.1 Å². The number of ether oxygens (including phenoxy) is 2. The number of hydrogen-bond donors (Lipinski definition) is 2. The van der Waals surface area contributed by atoms with Crippen molar-refractivity contribution in [2.75, 3.05) is 13.4 Å². The number of nitrogens with two attached hydrogens (primary N) is 1. The fourth-order valence-corrected chi connectivity index (χ4v) is 1.96. The van der Waals surface area contributed by atoms with E-state index < -0.39 is 5.41 Å². The Labute approximate surface area is 105 Å². The zero-order chi connectivity index (χ0) is 12.6. The lowest BCUT2D eigenvalue weighted by Gasteiger charge is -2.30. The van der Waals surface area contributed by atoms with Crippen LogP contribution in [0.3, 0.4) is 0 Å². The third-order valence-electron chi connectivity index (χ3n) is 3.08. The standard InChI is InChI=1S/C12H16ClNO3/c1-12(2,5-15)11(14)7-3-9-10(4-8(7)13)17-6-16-9/h3-4,11,15H,5-6,14H2,1-2H3/t11-/m0/s1. The summed E-state index contributed by atoms with van der Waals surface area (Å²) < 4.78 is 10.5. The molecule has 3 N–H and O–H groups in total. The highest BCUT2D eigenvalue weighted by molar-refractivity contribution is 6.31. The number of halogens is 1. The summed E-state index contributed by atoms with van der Waals surface area (Å²) in [5, 5.41) is 9.86. The van der Waals surface area contributed by atoms with Gasteiger partial charge in [0.2, 0.25) is 6.79 Å². The molecule has 0 amide bonds. The van der Waals surface area contributed by atoms with Crippen molar-refractivity contribution in [1.29, 1.82) is 0 Å². The lowest BCUT2D eigenvalue weighted by molar-refractivity contribution is 0.132. The van der Waals surface area contributed by atoms with Crippen LogP contribution in [0.2, 0.25) is 5.02 Å². The molecule has 0 aliphatic carbocycles. The summed E-state index contributed by atoms with van der Waals surface area (Å²) in [4.78, 5) is 0. The SMILES string of the molecule is CC(C)(CO)[C@@H](N)c1cc2c(cc1Cl)OCO2. The smallest absolute Gasteiger partial charge is 0.231 e. The van der Waals surface area contributed by atoms with Gasteiger partial charge in [-0.2, -0.15) is 0 Å². The monoisotopic (exact) mass is 257 g/mol. The van der Waals surface area contributed by atoms with E-state index >= 15 is 0 Å². The van der Waals surface area contributed by atoms with Crippen LogP contribution >= 0.6 is 11.6 Å². The van der Waals surface area contributed by atoms with Gasteiger partial charge in [0.15, 0.2) is 11.5 Å². The van der Waals surface area contributed by atoms with Crippen LogP contribution in [0.4, 0.5) is 0 Å². The molecule has 0 fully saturated rings. The van der Waals surface area contributed by atoms with Gasteiger partial charge < -0.3 is 20.3 Å². The van der Waals surface area contributed by atoms with Gasteiger partial charge in [0.05, 0.1) is 0 Å². The van der Waals surface area contributed by atoms with Gasteiger partial charge in [-0.3, -0.25) is 0 Å². The average molecular weight is 258 g/mol. The first-order valence-corrected chi connectivity index (χ1v) is 5.79. The van der Waals surface area contributed by atoms with Crippen molar-refractivity contribution in [1.82, 2.24) is 0 Å². The first kappa shape index (κ1) is 12.5. The molecule has 94 valence electrons. The molecular formula is C12H16ClNO3. The van der Waals surface area contributed by atoms with E-state index in [0.29, 0.717) is 16.5 Å². The summed E-state index contributed by atoms with van der Waals surface area (Å²) in [5.41, 5.74) is 6.45. The molecule has 17 heavy (non-hydrogen) atoms. The van der Waals surface area contributed by atoms with Gasteiger partial charge >= 0.3 is 0 Å². The van der Waals surface area contributed by atoms with Gasteiger partial charge in [-0.25, -0.2) is 0 Å². The lowest BCUT2D eigenvalue weighted by atomic mass is 9.81. The van der Waals surface area contributed by atoms with Crippen LogP contribution in [0.25, 0.3) is 0 Å². The van der Waals surface area contributed by atoms with Crippen LogP contribution < -0.4 is 15.2 Å². The van der Waals surface area contributed by atoms with Gasteiger partial charge in [-0.15, -0.1) is 0 Å². The van der Waals surface area contributed by atoms with Crippen molar-refractivity contribution >= 4 is 11.6 Å². The van der Waals surface area contributed by atoms with Crippen LogP contribution in [0.5, 0.6) is 11.5 Å². The number of hydrogen-bond acceptors (Lipinski definition) is 4. The molecular weight excluding hydrogens is 242 g/mol. The molecule has 0 unspecified atom stereocenters. The largest absolute Gasteiger partial charge is 0.454 e. The van der Waals surface area contributed by atoms with E-state index in [4.69, 9.17) is 26.8 Å². The molecule has 0 saturated heterocycles. The molecule has 0 spiro atoms. The minimum absolute atomic E-state index is 0.0149. The van der Waals surface area contributed by atoms with Crippen LogP contribution in [-0.4, -0.2) is 18.5 Å². The summed E-state index contributed by atoms with van der Waals surface area (Å²) in [7, 11) is 0. The number of aliphatic hydroxyl groups excluding tert-OH is 1. The maximum Gasteiger partial charge on any atom is 0.231 e. The predicted molar refractivity (Wildman–Crippen MR) is 65.4 cm³/mol. The maximum atomic E-state index is 9.33. The first-order chi connectivity index (χ1) is 7.95. The molecule has 1 heterocycles. The quantitative estimate of drug-likeness (QED) is 0.870. The molecule has 0 aromatic heterocycles. The fourth-order valence-electron chi connectivity index (χ4n) is 1.69. The van der Waals surface area contributed by atoms with Crippen molar-refractivity contribution in [2.45, 2.75) is 19.9 Å². The van der Waals surface area contributed by atoms with Crippen LogP contribution in [-0.2, 0) is 0 Å². The minimum Gasteiger partial charge on any atom is -0.454 e. The van der Waals surface area contributed by atoms with Gasteiger partial charge in [-0.05, 0) is 11.6 Å². The Morgan fingerprint density at radius 2 is 2.00 bits per heavy atom.